The Morgan fingerprint density at radius 1 is 0.975 bits per heavy atom. The molecule has 1 aromatic heterocycles. The summed E-state index contributed by atoms with van der Waals surface area (Å²) in [6.07, 6.45) is 0.877. The summed E-state index contributed by atoms with van der Waals surface area (Å²) >= 11 is 5.43. The van der Waals surface area contributed by atoms with E-state index < -0.39 is 5.91 Å². The molecule has 1 amide bonds. The van der Waals surface area contributed by atoms with E-state index in [1.165, 1.54) is 0 Å². The number of aromatic hydroxyl groups is 1. The van der Waals surface area contributed by atoms with E-state index >= 15 is 0 Å². The molecule has 10 heteroatoms. The average molecular weight is 564 g/mol. The monoisotopic (exact) mass is 563 g/mol. The summed E-state index contributed by atoms with van der Waals surface area (Å²) < 4.78 is 23.1. The summed E-state index contributed by atoms with van der Waals surface area (Å²) in [5.74, 6) is 1.13. The van der Waals surface area contributed by atoms with E-state index in [4.69, 9.17) is 30.8 Å². The minimum Gasteiger partial charge on any atom is -0.507 e. The summed E-state index contributed by atoms with van der Waals surface area (Å²) in [4.78, 5) is 17.7. The number of anilines is 1. The quantitative estimate of drug-likeness (QED) is 0.149. The summed E-state index contributed by atoms with van der Waals surface area (Å²) in [5.41, 5.74) is 4.29. The molecule has 0 saturated heterocycles. The van der Waals surface area contributed by atoms with E-state index in [2.05, 4.69) is 22.5 Å². The molecule has 0 aliphatic carbocycles. The van der Waals surface area contributed by atoms with Gasteiger partial charge < -0.3 is 29.1 Å². The zero-order chi connectivity index (χ0) is 28.8. The van der Waals surface area contributed by atoms with Gasteiger partial charge in [0, 0.05) is 11.3 Å². The highest BCUT2D eigenvalue weighted by Gasteiger charge is 2.20. The molecule has 3 N–H and O–H groups in total. The average Bonchev–Trinajstić information content (AvgIpc) is 3.35. The first kappa shape index (κ1) is 28.7. The first-order chi connectivity index (χ1) is 19.3. The van der Waals surface area contributed by atoms with Crippen LogP contribution < -0.4 is 24.8 Å². The van der Waals surface area contributed by atoms with Crippen LogP contribution in [0.25, 0.3) is 22.6 Å². The summed E-state index contributed by atoms with van der Waals surface area (Å²) in [5, 5.41) is 16.5. The van der Waals surface area contributed by atoms with E-state index in [0.717, 1.165) is 12.0 Å². The topological polar surface area (TPSA) is 115 Å². The van der Waals surface area contributed by atoms with Crippen molar-refractivity contribution in [3.63, 3.8) is 0 Å². The molecule has 0 aliphatic rings. The van der Waals surface area contributed by atoms with Gasteiger partial charge in [-0.1, -0.05) is 13.0 Å². The Morgan fingerprint density at radius 2 is 1.65 bits per heavy atom. The number of hydrogen-bond acceptors (Lipinski definition) is 8. The second-order valence-electron chi connectivity index (χ2n) is 8.87. The van der Waals surface area contributed by atoms with Crippen molar-refractivity contribution in [2.45, 2.75) is 41.0 Å². The number of nitrogens with zero attached hydrogens (tertiary/aromatic N) is 1. The Bertz CT molecular complexity index is 1520. The van der Waals surface area contributed by atoms with Crippen LogP contribution in [-0.2, 0) is 6.42 Å². The number of aromatic nitrogens is 1. The van der Waals surface area contributed by atoms with Gasteiger partial charge in [0.15, 0.2) is 22.2 Å². The van der Waals surface area contributed by atoms with Gasteiger partial charge in [-0.3, -0.25) is 10.1 Å². The van der Waals surface area contributed by atoms with Crippen LogP contribution in [0.3, 0.4) is 0 Å². The second-order valence-corrected chi connectivity index (χ2v) is 9.28. The molecule has 0 radical (unpaired) electrons. The Labute approximate surface area is 238 Å². The Kier molecular flexibility index (Phi) is 9.11. The molecule has 4 aromatic rings. The van der Waals surface area contributed by atoms with Crippen molar-refractivity contribution in [3.05, 3.63) is 59.2 Å². The molecule has 0 fully saturated rings. The van der Waals surface area contributed by atoms with E-state index in [9.17, 15) is 9.90 Å². The fourth-order valence-electron chi connectivity index (χ4n) is 4.18. The number of phenols is 1. The van der Waals surface area contributed by atoms with Crippen LogP contribution in [0.4, 0.5) is 5.69 Å². The third-order valence-corrected chi connectivity index (χ3v) is 6.25. The van der Waals surface area contributed by atoms with Crippen LogP contribution in [0, 0.1) is 6.92 Å². The largest absolute Gasteiger partial charge is 0.507 e. The number of carbonyl (C=O) groups excluding carboxylic acids is 1. The fourth-order valence-corrected chi connectivity index (χ4v) is 4.39. The highest BCUT2D eigenvalue weighted by molar-refractivity contribution is 7.80. The lowest BCUT2D eigenvalue weighted by Crippen LogP contribution is -2.34. The number of thiocarbonyl (C=S) groups is 1. The first-order valence-electron chi connectivity index (χ1n) is 13.2. The molecular weight excluding hydrogens is 530 g/mol. The van der Waals surface area contributed by atoms with E-state index in [-0.39, 0.29) is 16.8 Å². The smallest absolute Gasteiger partial charge is 0.257 e. The first-order valence-corrected chi connectivity index (χ1v) is 13.6. The molecule has 3 aromatic carbocycles. The minimum absolute atomic E-state index is 0.0454. The van der Waals surface area contributed by atoms with Crippen molar-refractivity contribution in [3.8, 4) is 34.5 Å². The molecule has 40 heavy (non-hydrogen) atoms. The SMILES string of the molecule is CCOc1cc(C(=O)NC(=S)Nc2cc(C)c(O)c(-c3nc4cc(CC)ccc4o3)c2)cc(OCC)c1OCC. The lowest BCUT2D eigenvalue weighted by Gasteiger charge is -2.17. The van der Waals surface area contributed by atoms with E-state index in [1.807, 2.05) is 39.0 Å². The lowest BCUT2D eigenvalue weighted by atomic mass is 10.1. The van der Waals surface area contributed by atoms with Crippen molar-refractivity contribution in [2.24, 2.45) is 0 Å². The molecule has 9 nitrogen and oxygen atoms in total. The summed E-state index contributed by atoms with van der Waals surface area (Å²) in [6.45, 7) is 10.6. The number of fused-ring (bicyclic) bond motifs is 1. The summed E-state index contributed by atoms with van der Waals surface area (Å²) in [7, 11) is 0. The van der Waals surface area contributed by atoms with Crippen LogP contribution >= 0.6 is 12.2 Å². The molecular formula is C30H33N3O6S. The molecule has 0 atom stereocenters. The van der Waals surface area contributed by atoms with Crippen LogP contribution in [0.2, 0.25) is 0 Å². The van der Waals surface area contributed by atoms with Crippen LogP contribution in [0.1, 0.15) is 49.2 Å². The number of hydrogen-bond donors (Lipinski definition) is 3. The van der Waals surface area contributed by atoms with Gasteiger partial charge in [-0.05, 0) is 93.9 Å². The van der Waals surface area contributed by atoms with E-state index in [1.54, 1.807) is 31.2 Å². The van der Waals surface area contributed by atoms with Gasteiger partial charge in [0.1, 0.15) is 11.3 Å². The van der Waals surface area contributed by atoms with E-state index in [0.29, 0.717) is 70.5 Å². The predicted molar refractivity (Wildman–Crippen MR) is 159 cm³/mol. The Hall–Kier alpha value is -4.31. The van der Waals surface area contributed by atoms with Crippen LogP contribution in [0.5, 0.6) is 23.0 Å². The van der Waals surface area contributed by atoms with Crippen molar-refractivity contribution in [1.82, 2.24) is 10.3 Å². The maximum atomic E-state index is 13.1. The zero-order valence-electron chi connectivity index (χ0n) is 23.2. The molecule has 0 unspecified atom stereocenters. The van der Waals surface area contributed by atoms with Crippen molar-refractivity contribution in [1.29, 1.82) is 0 Å². The number of rotatable bonds is 10. The van der Waals surface area contributed by atoms with Gasteiger partial charge in [0.2, 0.25) is 11.6 Å². The maximum Gasteiger partial charge on any atom is 0.257 e. The third-order valence-electron chi connectivity index (χ3n) is 6.05. The van der Waals surface area contributed by atoms with Gasteiger partial charge in [0.25, 0.3) is 5.91 Å². The van der Waals surface area contributed by atoms with Gasteiger partial charge in [-0.2, -0.15) is 0 Å². The predicted octanol–water partition coefficient (Wildman–Crippen LogP) is 6.39. The molecule has 4 rings (SSSR count). The number of phenolic OH excluding ortho intramolecular Hbond substituents is 1. The van der Waals surface area contributed by atoms with Gasteiger partial charge in [-0.25, -0.2) is 4.98 Å². The molecule has 1 heterocycles. The number of amides is 1. The van der Waals surface area contributed by atoms with Gasteiger partial charge >= 0.3 is 0 Å². The maximum absolute atomic E-state index is 13.1. The Morgan fingerprint density at radius 3 is 2.27 bits per heavy atom. The molecule has 0 spiro atoms. The van der Waals surface area contributed by atoms with Crippen molar-refractivity contribution < 1.29 is 28.5 Å². The van der Waals surface area contributed by atoms with Crippen molar-refractivity contribution in [2.75, 3.05) is 25.1 Å². The highest BCUT2D eigenvalue weighted by atomic mass is 32.1. The number of carbonyl (C=O) groups is 1. The number of oxazole rings is 1. The van der Waals surface area contributed by atoms with Crippen LogP contribution in [-0.4, -0.2) is 40.9 Å². The zero-order valence-corrected chi connectivity index (χ0v) is 24.0. The number of ether oxygens (including phenoxy) is 3. The molecule has 0 saturated carbocycles. The third kappa shape index (κ3) is 6.28. The molecule has 0 bridgehead atoms. The van der Waals surface area contributed by atoms with Crippen LogP contribution in [0.15, 0.2) is 46.9 Å². The molecule has 0 aliphatic heterocycles. The van der Waals surface area contributed by atoms with Gasteiger partial charge in [-0.15, -0.1) is 0 Å². The standard InChI is InChI=1S/C30H33N3O6S/c1-6-18-10-11-23-22(13-18)32-29(39-23)21-16-20(12-17(5)26(21)34)31-30(40)33-28(35)19-14-24(36-7-2)27(38-9-4)25(15-19)37-8-3/h10-16,34H,6-9H2,1-5H3,(H2,31,33,35,40). The summed E-state index contributed by atoms with van der Waals surface area (Å²) in [6, 6.07) is 12.4. The fraction of sp³-hybridized carbons (Fsp3) is 0.300. The Balaban J connectivity index is 1.57. The molecule has 210 valence electrons. The number of aryl methyl sites for hydroxylation is 2. The van der Waals surface area contributed by atoms with Gasteiger partial charge in [0.05, 0.1) is 25.4 Å². The number of benzene rings is 3. The number of nitrogens with one attached hydrogen (secondary N) is 2. The second kappa shape index (κ2) is 12.7. The minimum atomic E-state index is -0.455. The van der Waals surface area contributed by atoms with Crippen molar-refractivity contribution >= 4 is 40.0 Å². The highest BCUT2D eigenvalue weighted by Crippen LogP contribution is 2.39. The lowest BCUT2D eigenvalue weighted by molar-refractivity contribution is 0.0976. The normalized spacial score (nSPS) is 10.8.